The van der Waals surface area contributed by atoms with Crippen molar-refractivity contribution in [1.82, 2.24) is 5.32 Å². The predicted octanol–water partition coefficient (Wildman–Crippen LogP) is 9.69. The lowest BCUT2D eigenvalue weighted by molar-refractivity contribution is -0.245. The monoisotopic (exact) mass is 731 g/mol. The molecule has 294 valence electrons. The number of benzene rings is 1. The molecular formula is C46H70N2O5. The van der Waals surface area contributed by atoms with E-state index in [1.54, 1.807) is 13.8 Å². The number of anilines is 1. The molecule has 53 heavy (non-hydrogen) atoms. The second-order valence-corrected chi connectivity index (χ2v) is 20.6. The van der Waals surface area contributed by atoms with Crippen molar-refractivity contribution >= 4 is 23.5 Å². The van der Waals surface area contributed by atoms with E-state index in [9.17, 15) is 19.5 Å². The Kier molecular flexibility index (Phi) is 10.6. The lowest BCUT2D eigenvalue weighted by Crippen LogP contribution is -2.66. The number of amides is 1. The molecule has 2 N–H and O–H groups in total. The predicted molar refractivity (Wildman–Crippen MR) is 212 cm³/mol. The van der Waals surface area contributed by atoms with Gasteiger partial charge in [-0.3, -0.25) is 14.4 Å². The SMILES string of the molecule is C=C(C)[C@@H]1C[C@@H](CC(=O)NCc2ccc(N(C)C)cc2)C2CC[C@]3(C)[C@H](CC[C@@H]4[C@@]5(C)CC[C@H](OC(=O)CC(C)(C)C(=O)O)C(C)(C)[C@@H]5CC[C@]43C)[C@H]21. The number of esters is 1. The molecule has 5 fully saturated rings. The van der Waals surface area contributed by atoms with Crippen molar-refractivity contribution in [2.24, 2.45) is 68.5 Å². The number of hydrogen-bond donors (Lipinski definition) is 2. The van der Waals surface area contributed by atoms with Crippen molar-refractivity contribution in [3.05, 3.63) is 42.0 Å². The van der Waals surface area contributed by atoms with Crippen LogP contribution in [0.4, 0.5) is 5.69 Å². The molecule has 0 aromatic heterocycles. The number of rotatable bonds is 10. The average Bonchev–Trinajstić information content (AvgIpc) is 3.43. The molecule has 5 aliphatic rings. The van der Waals surface area contributed by atoms with Crippen LogP contribution in [0, 0.1) is 68.5 Å². The van der Waals surface area contributed by atoms with E-state index in [0.29, 0.717) is 54.4 Å². The van der Waals surface area contributed by atoms with E-state index in [1.165, 1.54) is 37.7 Å². The van der Waals surface area contributed by atoms with Gasteiger partial charge in [-0.2, -0.15) is 0 Å². The number of carboxylic acid groups (broad SMARTS) is 1. The molecule has 0 aliphatic heterocycles. The van der Waals surface area contributed by atoms with E-state index in [-0.39, 0.29) is 46.1 Å². The number of carbonyl (C=O) groups excluding carboxylic acids is 2. The molecular weight excluding hydrogens is 661 g/mol. The zero-order chi connectivity index (χ0) is 38.9. The molecule has 1 unspecified atom stereocenters. The topological polar surface area (TPSA) is 95.9 Å². The molecule has 0 heterocycles. The Morgan fingerprint density at radius 1 is 0.925 bits per heavy atom. The van der Waals surface area contributed by atoms with E-state index >= 15 is 0 Å². The first-order chi connectivity index (χ1) is 24.7. The zero-order valence-corrected chi connectivity index (χ0v) is 34.6. The van der Waals surface area contributed by atoms with Crippen LogP contribution in [-0.4, -0.2) is 43.2 Å². The summed E-state index contributed by atoms with van der Waals surface area (Å²) in [6, 6.07) is 8.44. The fourth-order valence-electron chi connectivity index (χ4n) is 13.8. The van der Waals surface area contributed by atoms with Gasteiger partial charge in [0.2, 0.25) is 5.91 Å². The van der Waals surface area contributed by atoms with Crippen molar-refractivity contribution in [3.63, 3.8) is 0 Å². The Hall–Kier alpha value is -2.83. The van der Waals surface area contributed by atoms with Gasteiger partial charge in [0, 0.05) is 38.2 Å². The summed E-state index contributed by atoms with van der Waals surface area (Å²) < 4.78 is 6.18. The highest BCUT2D eigenvalue weighted by Gasteiger charge is 2.70. The molecule has 1 aromatic carbocycles. The third-order valence-corrected chi connectivity index (χ3v) is 16.9. The Morgan fingerprint density at radius 3 is 2.21 bits per heavy atom. The lowest BCUT2D eigenvalue weighted by atomic mass is 9.33. The van der Waals surface area contributed by atoms with Crippen molar-refractivity contribution < 1.29 is 24.2 Å². The average molecular weight is 731 g/mol. The van der Waals surface area contributed by atoms with Crippen LogP contribution in [0.2, 0.25) is 0 Å². The maximum atomic E-state index is 13.5. The van der Waals surface area contributed by atoms with Crippen molar-refractivity contribution in [2.45, 2.75) is 139 Å². The second kappa shape index (κ2) is 14.0. The molecule has 0 saturated heterocycles. The third-order valence-electron chi connectivity index (χ3n) is 16.9. The number of nitrogens with one attached hydrogen (secondary N) is 1. The molecule has 6 rings (SSSR count). The minimum Gasteiger partial charge on any atom is -0.481 e. The molecule has 0 spiro atoms. The smallest absolute Gasteiger partial charge is 0.309 e. The molecule has 0 radical (unpaired) electrons. The lowest BCUT2D eigenvalue weighted by Gasteiger charge is -2.72. The van der Waals surface area contributed by atoms with Crippen LogP contribution in [-0.2, 0) is 25.7 Å². The summed E-state index contributed by atoms with van der Waals surface area (Å²) in [4.78, 5) is 40.4. The number of hydrogen-bond acceptors (Lipinski definition) is 5. The van der Waals surface area contributed by atoms with Crippen LogP contribution in [0.3, 0.4) is 0 Å². The molecule has 11 atom stereocenters. The fourth-order valence-corrected chi connectivity index (χ4v) is 13.8. The zero-order valence-electron chi connectivity index (χ0n) is 34.6. The van der Waals surface area contributed by atoms with Gasteiger partial charge in [0.25, 0.3) is 0 Å². The molecule has 7 nitrogen and oxygen atoms in total. The van der Waals surface area contributed by atoms with Crippen LogP contribution in [0.25, 0.3) is 0 Å². The van der Waals surface area contributed by atoms with Crippen LogP contribution < -0.4 is 10.2 Å². The Labute approximate surface area is 320 Å². The summed E-state index contributed by atoms with van der Waals surface area (Å²) in [7, 11) is 4.08. The standard InChI is InChI=1S/C46H70N2O5/c1-28(2)33-24-30(25-38(49)47-27-29-12-14-31(15-13-29)48(10)11)32-18-22-45(8)34(40(32)33)16-17-36-44(7)21-20-37(53-39(50)26-42(3,4)41(51)52)43(5,6)35(44)19-23-46(36,45)9/h12-15,30,32-37,40H,1,16-27H2,2-11H3,(H,47,49)(H,51,52)/t30-,32?,33-,34+,35-,36+,37-,40+,44-,45+,46+/m0/s1. The normalized spacial score (nSPS) is 38.7. The molecule has 1 aromatic rings. The molecule has 1 amide bonds. The van der Waals surface area contributed by atoms with Crippen molar-refractivity contribution in [2.75, 3.05) is 19.0 Å². The summed E-state index contributed by atoms with van der Waals surface area (Å²) in [5.41, 5.74) is 2.86. The summed E-state index contributed by atoms with van der Waals surface area (Å²) in [5, 5.41) is 12.9. The van der Waals surface area contributed by atoms with E-state index in [4.69, 9.17) is 4.74 Å². The first-order valence-corrected chi connectivity index (χ1v) is 20.8. The van der Waals surface area contributed by atoms with Crippen molar-refractivity contribution in [1.29, 1.82) is 0 Å². The first kappa shape index (κ1) is 39.9. The quantitative estimate of drug-likeness (QED) is 0.184. The largest absolute Gasteiger partial charge is 0.481 e. The van der Waals surface area contributed by atoms with E-state index < -0.39 is 11.4 Å². The van der Waals surface area contributed by atoms with Gasteiger partial charge in [0.15, 0.2) is 0 Å². The number of carboxylic acids is 1. The maximum Gasteiger partial charge on any atom is 0.309 e. The van der Waals surface area contributed by atoms with Gasteiger partial charge < -0.3 is 20.1 Å². The molecule has 5 aliphatic carbocycles. The van der Waals surface area contributed by atoms with Crippen molar-refractivity contribution in [3.8, 4) is 0 Å². The van der Waals surface area contributed by atoms with Crippen LogP contribution in [0.15, 0.2) is 36.4 Å². The fraction of sp³-hybridized carbons (Fsp3) is 0.761. The van der Waals surface area contributed by atoms with Crippen LogP contribution in [0.5, 0.6) is 0 Å². The molecule has 0 bridgehead atoms. The highest BCUT2D eigenvalue weighted by molar-refractivity contribution is 5.81. The van der Waals surface area contributed by atoms with Gasteiger partial charge in [0.05, 0.1) is 11.8 Å². The van der Waals surface area contributed by atoms with Gasteiger partial charge in [0.1, 0.15) is 6.10 Å². The summed E-state index contributed by atoms with van der Waals surface area (Å²) >= 11 is 0. The van der Waals surface area contributed by atoms with Gasteiger partial charge in [-0.1, -0.05) is 58.9 Å². The highest BCUT2D eigenvalue weighted by atomic mass is 16.5. The number of aliphatic carboxylic acids is 1. The van der Waals surface area contributed by atoms with Gasteiger partial charge >= 0.3 is 11.9 Å². The number of ether oxygens (including phenoxy) is 1. The molecule has 5 saturated carbocycles. The first-order valence-electron chi connectivity index (χ1n) is 20.8. The van der Waals surface area contributed by atoms with E-state index in [1.807, 2.05) is 14.1 Å². The minimum atomic E-state index is -1.14. The van der Waals surface area contributed by atoms with Crippen LogP contribution in [0.1, 0.15) is 132 Å². The number of carbonyl (C=O) groups is 3. The second-order valence-electron chi connectivity index (χ2n) is 20.6. The Balaban J connectivity index is 1.16. The number of nitrogens with zero attached hydrogens (tertiary/aromatic N) is 1. The number of fused-ring (bicyclic) bond motifs is 7. The minimum absolute atomic E-state index is 0.109. The van der Waals surface area contributed by atoms with Crippen LogP contribution >= 0.6 is 0 Å². The van der Waals surface area contributed by atoms with E-state index in [2.05, 4.69) is 82.6 Å². The Bertz CT molecular complexity index is 1580. The molecule has 7 heteroatoms. The van der Waals surface area contributed by atoms with Gasteiger partial charge in [-0.15, -0.1) is 0 Å². The summed E-state index contributed by atoms with van der Waals surface area (Å²) in [6.45, 7) is 23.1. The number of allylic oxidation sites excluding steroid dienone is 1. The maximum absolute atomic E-state index is 13.5. The van der Waals surface area contributed by atoms with Gasteiger partial charge in [-0.05, 0) is 154 Å². The third kappa shape index (κ3) is 6.76. The summed E-state index contributed by atoms with van der Waals surface area (Å²) in [6.07, 6.45) is 10.5. The van der Waals surface area contributed by atoms with E-state index in [0.717, 1.165) is 36.9 Å². The summed E-state index contributed by atoms with van der Waals surface area (Å²) in [5.74, 6) is 2.53. The Morgan fingerprint density at radius 2 is 1.58 bits per heavy atom. The highest BCUT2D eigenvalue weighted by Crippen LogP contribution is 2.76. The van der Waals surface area contributed by atoms with Gasteiger partial charge in [-0.25, -0.2) is 0 Å².